The second-order valence-corrected chi connectivity index (χ2v) is 2.18. The lowest BCUT2D eigenvalue weighted by Crippen LogP contribution is -2.17. The molecule has 1 atom stereocenters. The SMILES string of the molecule is C=CCC(=C)CC(N)C#N. The monoisotopic (exact) mass is 136 g/mol. The van der Waals surface area contributed by atoms with Crippen LogP contribution in [0.2, 0.25) is 0 Å². The van der Waals surface area contributed by atoms with Crippen molar-refractivity contribution in [2.75, 3.05) is 0 Å². The van der Waals surface area contributed by atoms with Gasteiger partial charge in [-0.1, -0.05) is 18.2 Å². The van der Waals surface area contributed by atoms with Crippen molar-refractivity contribution in [2.24, 2.45) is 5.73 Å². The number of hydrogen-bond acceptors (Lipinski definition) is 2. The molecule has 0 aromatic carbocycles. The van der Waals surface area contributed by atoms with Crippen LogP contribution in [0.3, 0.4) is 0 Å². The molecule has 2 nitrogen and oxygen atoms in total. The quantitative estimate of drug-likeness (QED) is 0.593. The fourth-order valence-corrected chi connectivity index (χ4v) is 0.644. The predicted octanol–water partition coefficient (Wildman–Crippen LogP) is 1.36. The van der Waals surface area contributed by atoms with Crippen LogP contribution in [0.5, 0.6) is 0 Å². The van der Waals surface area contributed by atoms with Crippen molar-refractivity contribution in [1.29, 1.82) is 5.26 Å². The van der Waals surface area contributed by atoms with Gasteiger partial charge < -0.3 is 5.73 Å². The Labute approximate surface area is 61.6 Å². The van der Waals surface area contributed by atoms with Gasteiger partial charge in [-0.15, -0.1) is 6.58 Å². The first-order valence-electron chi connectivity index (χ1n) is 3.13. The molecule has 0 aliphatic heterocycles. The van der Waals surface area contributed by atoms with Crippen molar-refractivity contribution in [2.45, 2.75) is 18.9 Å². The molecule has 1 unspecified atom stereocenters. The molecule has 0 rings (SSSR count). The topological polar surface area (TPSA) is 49.8 Å². The first-order valence-corrected chi connectivity index (χ1v) is 3.13. The number of allylic oxidation sites excluding steroid dienone is 1. The Morgan fingerprint density at radius 1 is 1.80 bits per heavy atom. The number of nitrogens with zero attached hydrogens (tertiary/aromatic N) is 1. The van der Waals surface area contributed by atoms with Gasteiger partial charge in [0, 0.05) is 0 Å². The Kier molecular flexibility index (Phi) is 4.26. The lowest BCUT2D eigenvalue weighted by atomic mass is 10.1. The molecule has 0 bridgehead atoms. The Hall–Kier alpha value is -1.07. The number of nitriles is 1. The molecule has 2 heteroatoms. The number of hydrogen-bond donors (Lipinski definition) is 1. The standard InChI is InChI=1S/C8H12N2/c1-3-4-7(2)5-8(10)6-9/h3,8H,1-2,4-5,10H2. The van der Waals surface area contributed by atoms with Crippen LogP contribution in [-0.4, -0.2) is 6.04 Å². The fraction of sp³-hybridized carbons (Fsp3) is 0.375. The zero-order chi connectivity index (χ0) is 7.98. The van der Waals surface area contributed by atoms with E-state index in [-0.39, 0.29) is 0 Å². The minimum Gasteiger partial charge on any atom is -0.316 e. The van der Waals surface area contributed by atoms with E-state index in [2.05, 4.69) is 13.2 Å². The molecule has 0 saturated carbocycles. The first kappa shape index (κ1) is 8.93. The zero-order valence-corrected chi connectivity index (χ0v) is 6.01. The zero-order valence-electron chi connectivity index (χ0n) is 6.01. The van der Waals surface area contributed by atoms with Gasteiger partial charge in [-0.25, -0.2) is 0 Å². The average molecular weight is 136 g/mol. The molecule has 54 valence electrons. The van der Waals surface area contributed by atoms with Crippen LogP contribution in [0.15, 0.2) is 24.8 Å². The summed E-state index contributed by atoms with van der Waals surface area (Å²) >= 11 is 0. The highest BCUT2D eigenvalue weighted by Crippen LogP contribution is 2.05. The van der Waals surface area contributed by atoms with E-state index >= 15 is 0 Å². The molecule has 0 amide bonds. The van der Waals surface area contributed by atoms with E-state index < -0.39 is 6.04 Å². The van der Waals surface area contributed by atoms with E-state index in [9.17, 15) is 0 Å². The molecule has 2 N–H and O–H groups in total. The third-order valence-electron chi connectivity index (χ3n) is 1.11. The van der Waals surface area contributed by atoms with E-state index in [4.69, 9.17) is 11.0 Å². The normalized spacial score (nSPS) is 11.6. The predicted molar refractivity (Wildman–Crippen MR) is 42.2 cm³/mol. The van der Waals surface area contributed by atoms with Crippen molar-refractivity contribution in [3.05, 3.63) is 24.8 Å². The Bertz CT molecular complexity index is 165. The summed E-state index contributed by atoms with van der Waals surface area (Å²) in [5, 5.41) is 8.31. The van der Waals surface area contributed by atoms with Crippen LogP contribution in [0, 0.1) is 11.3 Å². The van der Waals surface area contributed by atoms with Crippen LogP contribution in [-0.2, 0) is 0 Å². The van der Waals surface area contributed by atoms with Crippen LogP contribution in [0.4, 0.5) is 0 Å². The van der Waals surface area contributed by atoms with Gasteiger partial charge >= 0.3 is 0 Å². The summed E-state index contributed by atoms with van der Waals surface area (Å²) in [5.41, 5.74) is 6.31. The Morgan fingerprint density at radius 3 is 2.80 bits per heavy atom. The average Bonchev–Trinajstić information content (AvgIpc) is 1.88. The summed E-state index contributed by atoms with van der Waals surface area (Å²) in [4.78, 5) is 0. The molecule has 0 fully saturated rings. The molecule has 0 heterocycles. The minimum absolute atomic E-state index is 0.410. The molecule has 0 aliphatic rings. The molecule has 0 aliphatic carbocycles. The first-order chi connectivity index (χ1) is 4.70. The number of rotatable bonds is 4. The Morgan fingerprint density at radius 2 is 2.40 bits per heavy atom. The van der Waals surface area contributed by atoms with Crippen molar-refractivity contribution in [3.63, 3.8) is 0 Å². The fourth-order valence-electron chi connectivity index (χ4n) is 0.644. The van der Waals surface area contributed by atoms with Crippen molar-refractivity contribution >= 4 is 0 Å². The molecule has 0 aromatic rings. The third-order valence-corrected chi connectivity index (χ3v) is 1.11. The summed E-state index contributed by atoms with van der Waals surface area (Å²) in [6.45, 7) is 7.28. The van der Waals surface area contributed by atoms with Gasteiger partial charge in [-0.2, -0.15) is 5.26 Å². The minimum atomic E-state index is -0.410. The van der Waals surface area contributed by atoms with Crippen LogP contribution >= 0.6 is 0 Å². The largest absolute Gasteiger partial charge is 0.316 e. The second kappa shape index (κ2) is 4.78. The molecule has 0 spiro atoms. The summed E-state index contributed by atoms with van der Waals surface area (Å²) in [6.07, 6.45) is 3.07. The van der Waals surface area contributed by atoms with Gasteiger partial charge in [0.1, 0.15) is 0 Å². The van der Waals surface area contributed by atoms with Gasteiger partial charge in [-0.3, -0.25) is 0 Å². The highest BCUT2D eigenvalue weighted by Gasteiger charge is 2.00. The molecular formula is C8H12N2. The lowest BCUT2D eigenvalue weighted by molar-refractivity contribution is 0.801. The molecule has 0 radical (unpaired) electrons. The summed E-state index contributed by atoms with van der Waals surface area (Å²) < 4.78 is 0. The Balaban J connectivity index is 3.59. The van der Waals surface area contributed by atoms with Gasteiger partial charge in [0.05, 0.1) is 12.1 Å². The molecule has 10 heavy (non-hydrogen) atoms. The van der Waals surface area contributed by atoms with E-state index in [1.54, 1.807) is 6.08 Å². The molecule has 0 saturated heterocycles. The summed E-state index contributed by atoms with van der Waals surface area (Å²) in [5.74, 6) is 0. The highest BCUT2D eigenvalue weighted by molar-refractivity contribution is 5.06. The van der Waals surface area contributed by atoms with Crippen molar-refractivity contribution < 1.29 is 0 Å². The maximum Gasteiger partial charge on any atom is 0.0965 e. The van der Waals surface area contributed by atoms with E-state index in [1.807, 2.05) is 6.07 Å². The highest BCUT2D eigenvalue weighted by atomic mass is 14.6. The number of nitrogens with two attached hydrogens (primary N) is 1. The molecular weight excluding hydrogens is 124 g/mol. The van der Waals surface area contributed by atoms with E-state index in [1.165, 1.54) is 0 Å². The second-order valence-electron chi connectivity index (χ2n) is 2.18. The third kappa shape index (κ3) is 3.88. The van der Waals surface area contributed by atoms with Gasteiger partial charge in [0.25, 0.3) is 0 Å². The maximum absolute atomic E-state index is 8.31. The van der Waals surface area contributed by atoms with Gasteiger partial charge in [0.15, 0.2) is 0 Å². The van der Waals surface area contributed by atoms with E-state index in [0.29, 0.717) is 6.42 Å². The van der Waals surface area contributed by atoms with Gasteiger partial charge in [-0.05, 0) is 12.8 Å². The van der Waals surface area contributed by atoms with Crippen LogP contribution in [0.25, 0.3) is 0 Å². The van der Waals surface area contributed by atoms with Crippen LogP contribution < -0.4 is 5.73 Å². The van der Waals surface area contributed by atoms with Crippen molar-refractivity contribution in [3.8, 4) is 6.07 Å². The van der Waals surface area contributed by atoms with Gasteiger partial charge in [0.2, 0.25) is 0 Å². The smallest absolute Gasteiger partial charge is 0.0965 e. The lowest BCUT2D eigenvalue weighted by Gasteiger charge is -2.02. The maximum atomic E-state index is 8.31. The van der Waals surface area contributed by atoms with Crippen LogP contribution in [0.1, 0.15) is 12.8 Å². The van der Waals surface area contributed by atoms with E-state index in [0.717, 1.165) is 12.0 Å². The van der Waals surface area contributed by atoms with Crippen molar-refractivity contribution in [1.82, 2.24) is 0 Å². The summed E-state index contributed by atoms with van der Waals surface area (Å²) in [6, 6.07) is 1.53. The molecule has 0 aromatic heterocycles. The summed E-state index contributed by atoms with van der Waals surface area (Å²) in [7, 11) is 0.